The van der Waals surface area contributed by atoms with E-state index in [1.165, 1.54) is 24.3 Å². The van der Waals surface area contributed by atoms with Gasteiger partial charge in [0.2, 0.25) is 0 Å². The van der Waals surface area contributed by atoms with Crippen LogP contribution in [0.25, 0.3) is 0 Å². The fourth-order valence-corrected chi connectivity index (χ4v) is 5.46. The first-order valence-corrected chi connectivity index (χ1v) is 11.2. The fraction of sp³-hybridized carbons (Fsp3) is 0.235. The van der Waals surface area contributed by atoms with Crippen LogP contribution in [0.2, 0.25) is 0 Å². The summed E-state index contributed by atoms with van der Waals surface area (Å²) >= 11 is 0. The van der Waals surface area contributed by atoms with Crippen LogP contribution in [0.1, 0.15) is 16.8 Å². The Morgan fingerprint density at radius 1 is 1.04 bits per heavy atom. The van der Waals surface area contributed by atoms with Crippen molar-refractivity contribution in [2.24, 2.45) is 0 Å². The lowest BCUT2D eigenvalue weighted by molar-refractivity contribution is 0.0941. The lowest BCUT2D eigenvalue weighted by Gasteiger charge is -2.12. The smallest absolute Gasteiger partial charge is 0.261 e. The molecule has 0 saturated carbocycles. The van der Waals surface area contributed by atoms with Gasteiger partial charge in [0.25, 0.3) is 15.9 Å². The van der Waals surface area contributed by atoms with Gasteiger partial charge >= 0.3 is 0 Å². The minimum atomic E-state index is -3.75. The molecule has 2 aromatic rings. The summed E-state index contributed by atoms with van der Waals surface area (Å²) in [5, 5.41) is 2.68. The molecule has 1 aliphatic heterocycles. The summed E-state index contributed by atoms with van der Waals surface area (Å²) in [5.41, 5.74) is 0.503. The molecule has 1 amide bonds. The van der Waals surface area contributed by atoms with Crippen molar-refractivity contribution in [1.82, 2.24) is 5.32 Å². The van der Waals surface area contributed by atoms with Gasteiger partial charge in [0, 0.05) is 17.3 Å². The van der Waals surface area contributed by atoms with Crippen molar-refractivity contribution in [3.8, 4) is 0 Å². The Morgan fingerprint density at radius 2 is 1.77 bits per heavy atom. The number of hydrogen-bond donors (Lipinski definition) is 2. The van der Waals surface area contributed by atoms with Crippen LogP contribution in [-0.4, -0.2) is 40.3 Å². The topological polar surface area (TPSA) is 109 Å². The molecular weight excluding hydrogens is 376 g/mol. The second-order valence-electron chi connectivity index (χ2n) is 6.07. The van der Waals surface area contributed by atoms with Crippen LogP contribution in [0.3, 0.4) is 0 Å². The highest BCUT2D eigenvalue weighted by molar-refractivity contribution is 7.92. The highest BCUT2D eigenvalue weighted by Gasteiger charge is 2.29. The number of carbonyl (C=O) groups excluding carboxylic acids is 1. The van der Waals surface area contributed by atoms with E-state index in [9.17, 15) is 21.6 Å². The molecule has 2 N–H and O–H groups in total. The summed E-state index contributed by atoms with van der Waals surface area (Å²) in [5.74, 6) is -0.443. The van der Waals surface area contributed by atoms with Gasteiger partial charge < -0.3 is 5.32 Å². The van der Waals surface area contributed by atoms with Crippen LogP contribution in [0.4, 0.5) is 5.69 Å². The second kappa shape index (κ2) is 7.08. The van der Waals surface area contributed by atoms with Crippen LogP contribution in [0, 0.1) is 0 Å². The summed E-state index contributed by atoms with van der Waals surface area (Å²) in [4.78, 5) is 12.4. The van der Waals surface area contributed by atoms with Crippen molar-refractivity contribution in [3.63, 3.8) is 0 Å². The zero-order chi connectivity index (χ0) is 18.8. The molecule has 7 nitrogen and oxygen atoms in total. The molecule has 138 valence electrons. The first kappa shape index (κ1) is 18.4. The number of sulfonamides is 1. The summed E-state index contributed by atoms with van der Waals surface area (Å²) in [6.45, 7) is 0. The van der Waals surface area contributed by atoms with E-state index in [-0.39, 0.29) is 27.7 Å². The summed E-state index contributed by atoms with van der Waals surface area (Å²) in [6, 6.07) is 13.5. The summed E-state index contributed by atoms with van der Waals surface area (Å²) < 4.78 is 50.1. The third kappa shape index (κ3) is 4.41. The van der Waals surface area contributed by atoms with Crippen molar-refractivity contribution in [1.29, 1.82) is 0 Å². The maximum atomic E-state index is 12.4. The Labute approximate surface area is 152 Å². The first-order chi connectivity index (χ1) is 12.3. The fourth-order valence-electron chi connectivity index (χ4n) is 2.72. The van der Waals surface area contributed by atoms with Crippen molar-refractivity contribution < 1.29 is 21.6 Å². The van der Waals surface area contributed by atoms with Crippen LogP contribution in [0.15, 0.2) is 59.5 Å². The van der Waals surface area contributed by atoms with Crippen molar-refractivity contribution >= 4 is 31.5 Å². The Balaban J connectivity index is 1.73. The molecule has 1 heterocycles. The monoisotopic (exact) mass is 394 g/mol. The van der Waals surface area contributed by atoms with Gasteiger partial charge in [-0.25, -0.2) is 16.8 Å². The van der Waals surface area contributed by atoms with E-state index in [0.717, 1.165) is 0 Å². The highest BCUT2D eigenvalue weighted by atomic mass is 32.2. The van der Waals surface area contributed by atoms with Gasteiger partial charge in [-0.15, -0.1) is 0 Å². The molecule has 26 heavy (non-hydrogen) atoms. The van der Waals surface area contributed by atoms with Gasteiger partial charge in [0.05, 0.1) is 16.4 Å². The molecule has 0 radical (unpaired) electrons. The van der Waals surface area contributed by atoms with Crippen LogP contribution < -0.4 is 10.0 Å². The van der Waals surface area contributed by atoms with Crippen molar-refractivity contribution in [2.45, 2.75) is 17.4 Å². The largest absolute Gasteiger partial charge is 0.348 e. The van der Waals surface area contributed by atoms with Crippen LogP contribution >= 0.6 is 0 Å². The quantitative estimate of drug-likeness (QED) is 0.797. The van der Waals surface area contributed by atoms with Gasteiger partial charge in [-0.2, -0.15) is 0 Å². The molecule has 1 saturated heterocycles. The lowest BCUT2D eigenvalue weighted by atomic mass is 10.1. The van der Waals surface area contributed by atoms with E-state index in [0.29, 0.717) is 6.42 Å². The Hall–Kier alpha value is -2.39. The number of amides is 1. The van der Waals surface area contributed by atoms with E-state index >= 15 is 0 Å². The molecule has 1 fully saturated rings. The molecule has 2 aromatic carbocycles. The highest BCUT2D eigenvalue weighted by Crippen LogP contribution is 2.18. The van der Waals surface area contributed by atoms with E-state index in [4.69, 9.17) is 0 Å². The number of rotatable bonds is 5. The van der Waals surface area contributed by atoms with E-state index in [2.05, 4.69) is 10.0 Å². The normalized spacial score (nSPS) is 19.0. The number of sulfone groups is 1. The van der Waals surface area contributed by atoms with Gasteiger partial charge in [-0.3, -0.25) is 9.52 Å². The maximum Gasteiger partial charge on any atom is 0.261 e. The van der Waals surface area contributed by atoms with Gasteiger partial charge in [0.15, 0.2) is 9.84 Å². The summed E-state index contributed by atoms with van der Waals surface area (Å²) in [6.07, 6.45) is 0.383. The van der Waals surface area contributed by atoms with E-state index in [1.807, 2.05) is 0 Å². The molecular formula is C17H18N2O5S2. The number of nitrogens with one attached hydrogen (secondary N) is 2. The first-order valence-electron chi connectivity index (χ1n) is 7.94. The number of hydrogen-bond acceptors (Lipinski definition) is 5. The van der Waals surface area contributed by atoms with E-state index < -0.39 is 31.8 Å². The van der Waals surface area contributed by atoms with E-state index in [1.54, 1.807) is 30.3 Å². The standard InChI is InChI=1S/C17H18N2O5S2/c20-17(18-15-9-10-25(21,22)12-15)13-5-4-6-14(11-13)19-26(23,24)16-7-2-1-3-8-16/h1-8,11,15,19H,9-10,12H2,(H,18,20)/t15-/m0/s1. The van der Waals surface area contributed by atoms with Crippen molar-refractivity contribution in [3.05, 3.63) is 60.2 Å². The Kier molecular flexibility index (Phi) is 5.01. The third-order valence-corrected chi connectivity index (χ3v) is 7.16. The SMILES string of the molecule is O=C(N[C@H]1CCS(=O)(=O)C1)c1cccc(NS(=O)(=O)c2ccccc2)c1. The molecule has 0 aromatic heterocycles. The van der Waals surface area contributed by atoms with Gasteiger partial charge in [-0.1, -0.05) is 24.3 Å². The molecule has 1 atom stereocenters. The molecule has 0 bridgehead atoms. The molecule has 9 heteroatoms. The van der Waals surface area contributed by atoms with Crippen molar-refractivity contribution in [2.75, 3.05) is 16.2 Å². The maximum absolute atomic E-state index is 12.4. The predicted molar refractivity (Wildman–Crippen MR) is 98.2 cm³/mol. The zero-order valence-electron chi connectivity index (χ0n) is 13.8. The average molecular weight is 394 g/mol. The third-order valence-electron chi connectivity index (χ3n) is 4.00. The van der Waals surface area contributed by atoms with Gasteiger partial charge in [-0.05, 0) is 36.8 Å². The minimum Gasteiger partial charge on any atom is -0.348 e. The number of carbonyl (C=O) groups is 1. The molecule has 0 spiro atoms. The molecule has 0 aliphatic carbocycles. The molecule has 1 aliphatic rings. The second-order valence-corrected chi connectivity index (χ2v) is 9.98. The lowest BCUT2D eigenvalue weighted by Crippen LogP contribution is -2.35. The Morgan fingerprint density at radius 3 is 2.42 bits per heavy atom. The van der Waals surface area contributed by atoms with Crippen LogP contribution in [-0.2, 0) is 19.9 Å². The summed E-state index contributed by atoms with van der Waals surface area (Å²) in [7, 11) is -6.85. The number of anilines is 1. The van der Waals surface area contributed by atoms with Crippen LogP contribution in [0.5, 0.6) is 0 Å². The molecule has 3 rings (SSSR count). The zero-order valence-corrected chi connectivity index (χ0v) is 15.4. The average Bonchev–Trinajstić information content (AvgIpc) is 2.94. The minimum absolute atomic E-state index is 0.0643. The number of benzene rings is 2. The Bertz CT molecular complexity index is 1020. The van der Waals surface area contributed by atoms with Gasteiger partial charge in [0.1, 0.15) is 0 Å². The molecule has 0 unspecified atom stereocenters. The predicted octanol–water partition coefficient (Wildman–Crippen LogP) is 1.40.